The number of halogens is 2. The minimum absolute atomic E-state index is 0.161. The molecule has 1 aliphatic heterocycles. The van der Waals surface area contributed by atoms with Crippen LogP contribution in [-0.2, 0) is 0 Å². The van der Waals surface area contributed by atoms with Crippen LogP contribution in [0.5, 0.6) is 0 Å². The van der Waals surface area contributed by atoms with Crippen LogP contribution < -0.4 is 5.32 Å². The van der Waals surface area contributed by atoms with Crippen LogP contribution in [0.1, 0.15) is 36.5 Å². The summed E-state index contributed by atoms with van der Waals surface area (Å²) in [5.41, 5.74) is 0.439. The number of likely N-dealkylation sites (tertiary alicyclic amines) is 1. The van der Waals surface area contributed by atoms with Crippen molar-refractivity contribution in [2.45, 2.75) is 26.2 Å². The average molecular weight is 330 g/mol. The van der Waals surface area contributed by atoms with E-state index in [1.54, 1.807) is 6.07 Å². The summed E-state index contributed by atoms with van der Waals surface area (Å²) < 4.78 is 0. The normalized spacial score (nSPS) is 17.5. The Morgan fingerprint density at radius 2 is 2.10 bits per heavy atom. The number of nitrogens with one attached hydrogen (secondary N) is 1. The van der Waals surface area contributed by atoms with E-state index in [-0.39, 0.29) is 11.1 Å². The number of carbonyl (C=O) groups excluding carboxylic acids is 1. The van der Waals surface area contributed by atoms with Gasteiger partial charge < -0.3 is 10.2 Å². The molecule has 0 spiro atoms. The molecule has 0 aromatic carbocycles. The Kier molecular flexibility index (Phi) is 6.27. The first-order chi connectivity index (χ1) is 10.1. The van der Waals surface area contributed by atoms with Crippen LogP contribution in [0.3, 0.4) is 0 Å². The lowest BCUT2D eigenvalue weighted by atomic mass is 10.1. The standard InChI is InChI=1S/C15H21Cl2N3O/c1-11(10-20-5-3-2-4-6-20)8-19-15(21)12-7-13(16)14(17)18-9-12/h7,9,11H,2-6,8,10H2,1H3,(H,19,21). The Labute approximate surface area is 135 Å². The molecule has 4 nitrogen and oxygen atoms in total. The third-order valence-corrected chi connectivity index (χ3v) is 4.37. The van der Waals surface area contributed by atoms with Crippen molar-refractivity contribution in [2.24, 2.45) is 5.92 Å². The summed E-state index contributed by atoms with van der Waals surface area (Å²) in [5, 5.41) is 3.44. The lowest BCUT2D eigenvalue weighted by molar-refractivity contribution is 0.0942. The molecule has 1 atom stereocenters. The van der Waals surface area contributed by atoms with Crippen molar-refractivity contribution in [1.29, 1.82) is 0 Å². The molecule has 0 bridgehead atoms. The SMILES string of the molecule is CC(CNC(=O)c1cnc(Cl)c(Cl)c1)CN1CCCCC1. The number of piperidine rings is 1. The zero-order chi connectivity index (χ0) is 15.2. The topological polar surface area (TPSA) is 45.2 Å². The first-order valence-electron chi connectivity index (χ1n) is 7.38. The van der Waals surface area contributed by atoms with Crippen LogP contribution in [0.25, 0.3) is 0 Å². The van der Waals surface area contributed by atoms with Crippen molar-refractivity contribution in [2.75, 3.05) is 26.2 Å². The summed E-state index contributed by atoms with van der Waals surface area (Å²) in [7, 11) is 0. The lowest BCUT2D eigenvalue weighted by Crippen LogP contribution is -2.38. The van der Waals surface area contributed by atoms with Gasteiger partial charge >= 0.3 is 0 Å². The minimum atomic E-state index is -0.161. The first kappa shape index (κ1) is 16.5. The molecular weight excluding hydrogens is 309 g/mol. The maximum absolute atomic E-state index is 12.0. The van der Waals surface area contributed by atoms with Crippen molar-refractivity contribution < 1.29 is 4.79 Å². The molecule has 0 radical (unpaired) electrons. The summed E-state index contributed by atoms with van der Waals surface area (Å²) in [6.45, 7) is 6.18. The van der Waals surface area contributed by atoms with Crippen molar-refractivity contribution in [3.63, 3.8) is 0 Å². The van der Waals surface area contributed by atoms with E-state index in [1.165, 1.54) is 38.5 Å². The van der Waals surface area contributed by atoms with E-state index in [0.717, 1.165) is 6.54 Å². The summed E-state index contributed by atoms with van der Waals surface area (Å²) in [5.74, 6) is 0.259. The second-order valence-corrected chi connectivity index (χ2v) is 6.44. The summed E-state index contributed by atoms with van der Waals surface area (Å²) in [6.07, 6.45) is 5.35. The Bertz CT molecular complexity index is 490. The van der Waals surface area contributed by atoms with Gasteiger partial charge in [-0.2, -0.15) is 0 Å². The van der Waals surface area contributed by atoms with Crippen molar-refractivity contribution in [3.05, 3.63) is 28.0 Å². The third-order valence-electron chi connectivity index (χ3n) is 3.69. The molecule has 1 N–H and O–H groups in total. The molecule has 1 fully saturated rings. The third kappa shape index (κ3) is 5.13. The number of amides is 1. The van der Waals surface area contributed by atoms with Crippen LogP contribution >= 0.6 is 23.2 Å². The molecule has 116 valence electrons. The minimum Gasteiger partial charge on any atom is -0.352 e. The highest BCUT2D eigenvalue weighted by Gasteiger charge is 2.15. The number of rotatable bonds is 5. The highest BCUT2D eigenvalue weighted by atomic mass is 35.5. The van der Waals surface area contributed by atoms with E-state index in [1.807, 2.05) is 0 Å². The number of carbonyl (C=O) groups is 1. The van der Waals surface area contributed by atoms with E-state index in [9.17, 15) is 4.79 Å². The van der Waals surface area contributed by atoms with Gasteiger partial charge in [0.15, 0.2) is 0 Å². The first-order valence-corrected chi connectivity index (χ1v) is 8.13. The number of hydrogen-bond acceptors (Lipinski definition) is 3. The molecule has 1 saturated heterocycles. The Balaban J connectivity index is 1.78. The van der Waals surface area contributed by atoms with E-state index in [2.05, 4.69) is 22.1 Å². The zero-order valence-electron chi connectivity index (χ0n) is 12.2. The van der Waals surface area contributed by atoms with Gasteiger partial charge in [0, 0.05) is 19.3 Å². The molecule has 21 heavy (non-hydrogen) atoms. The number of pyridine rings is 1. The summed E-state index contributed by atoms with van der Waals surface area (Å²) in [4.78, 5) is 18.4. The van der Waals surface area contributed by atoms with Crippen molar-refractivity contribution in [3.8, 4) is 0 Å². The van der Waals surface area contributed by atoms with Crippen molar-refractivity contribution >= 4 is 29.1 Å². The molecule has 2 heterocycles. The van der Waals surface area contributed by atoms with Gasteiger partial charge in [-0.1, -0.05) is 36.5 Å². The maximum Gasteiger partial charge on any atom is 0.252 e. The van der Waals surface area contributed by atoms with Crippen LogP contribution in [0, 0.1) is 5.92 Å². The summed E-state index contributed by atoms with van der Waals surface area (Å²) in [6, 6.07) is 1.54. The van der Waals surface area contributed by atoms with Gasteiger partial charge in [-0.05, 0) is 37.9 Å². The number of hydrogen-bond donors (Lipinski definition) is 1. The second kappa shape index (κ2) is 7.97. The Morgan fingerprint density at radius 3 is 2.76 bits per heavy atom. The average Bonchev–Trinajstić information content (AvgIpc) is 2.48. The molecular formula is C15H21Cl2N3O. The van der Waals surface area contributed by atoms with E-state index >= 15 is 0 Å². The van der Waals surface area contributed by atoms with Crippen LogP contribution in [-0.4, -0.2) is 42.0 Å². The molecule has 1 aromatic heterocycles. The molecule has 1 unspecified atom stereocenters. The highest BCUT2D eigenvalue weighted by Crippen LogP contribution is 2.19. The van der Waals surface area contributed by atoms with E-state index in [4.69, 9.17) is 23.2 Å². The second-order valence-electron chi connectivity index (χ2n) is 5.67. The molecule has 0 aliphatic carbocycles. The number of aromatic nitrogens is 1. The summed E-state index contributed by atoms with van der Waals surface area (Å²) >= 11 is 11.6. The fourth-order valence-electron chi connectivity index (χ4n) is 2.56. The number of nitrogens with zero attached hydrogens (tertiary/aromatic N) is 2. The lowest BCUT2D eigenvalue weighted by Gasteiger charge is -2.29. The van der Waals surface area contributed by atoms with Gasteiger partial charge in [0.05, 0.1) is 10.6 Å². The van der Waals surface area contributed by atoms with Gasteiger partial charge in [0.25, 0.3) is 5.91 Å². The fraction of sp³-hybridized carbons (Fsp3) is 0.600. The smallest absolute Gasteiger partial charge is 0.252 e. The van der Waals surface area contributed by atoms with Crippen LogP contribution in [0.2, 0.25) is 10.2 Å². The van der Waals surface area contributed by atoms with Crippen molar-refractivity contribution in [1.82, 2.24) is 15.2 Å². The van der Waals surface area contributed by atoms with Gasteiger partial charge in [0.2, 0.25) is 0 Å². The molecule has 2 rings (SSSR count). The molecule has 1 aromatic rings. The van der Waals surface area contributed by atoms with E-state index in [0.29, 0.717) is 23.0 Å². The van der Waals surface area contributed by atoms with Gasteiger partial charge in [-0.3, -0.25) is 4.79 Å². The predicted octanol–water partition coefficient (Wildman–Crippen LogP) is 3.24. The van der Waals surface area contributed by atoms with Gasteiger partial charge in [-0.25, -0.2) is 4.98 Å². The largest absolute Gasteiger partial charge is 0.352 e. The maximum atomic E-state index is 12.0. The fourth-order valence-corrected chi connectivity index (χ4v) is 2.83. The quantitative estimate of drug-likeness (QED) is 0.843. The predicted molar refractivity (Wildman–Crippen MR) is 86.0 cm³/mol. The Hall–Kier alpha value is -0.840. The van der Waals surface area contributed by atoms with Gasteiger partial charge in [0.1, 0.15) is 5.15 Å². The monoisotopic (exact) mass is 329 g/mol. The zero-order valence-corrected chi connectivity index (χ0v) is 13.8. The Morgan fingerprint density at radius 1 is 1.38 bits per heavy atom. The molecule has 1 amide bonds. The van der Waals surface area contributed by atoms with Crippen LogP contribution in [0.15, 0.2) is 12.3 Å². The molecule has 6 heteroatoms. The highest BCUT2D eigenvalue weighted by molar-refractivity contribution is 6.41. The van der Waals surface area contributed by atoms with E-state index < -0.39 is 0 Å². The molecule has 1 aliphatic rings. The van der Waals surface area contributed by atoms with Gasteiger partial charge in [-0.15, -0.1) is 0 Å². The van der Waals surface area contributed by atoms with Crippen LogP contribution in [0.4, 0.5) is 0 Å². The molecule has 0 saturated carbocycles.